The molecule has 196 valence electrons. The Morgan fingerprint density at radius 3 is 2.58 bits per heavy atom. The summed E-state index contributed by atoms with van der Waals surface area (Å²) < 4.78 is 19.5. The number of terminal acetylenes is 1. The zero-order valence-corrected chi connectivity index (χ0v) is 23.9. The summed E-state index contributed by atoms with van der Waals surface area (Å²) in [6, 6.07) is 10.7. The van der Waals surface area contributed by atoms with Crippen LogP contribution in [0.15, 0.2) is 61.9 Å². The molecule has 0 amide bonds. The molecule has 1 aliphatic rings. The number of hydrogen-bond acceptors (Lipinski definition) is 7. The Kier molecular flexibility index (Phi) is 8.55. The van der Waals surface area contributed by atoms with Gasteiger partial charge in [0.25, 0.3) is 5.56 Å². The Morgan fingerprint density at radius 1 is 1.18 bits per heavy atom. The molecule has 3 aromatic rings. The molecule has 2 heterocycles. The van der Waals surface area contributed by atoms with Crippen LogP contribution in [-0.4, -0.2) is 30.4 Å². The number of fused-ring (bicyclic) bond motifs is 1. The molecule has 0 fully saturated rings. The second-order valence-electron chi connectivity index (χ2n) is 8.47. The molecule has 0 N–H and O–H groups in total. The molecule has 0 saturated heterocycles. The van der Waals surface area contributed by atoms with Gasteiger partial charge in [0, 0.05) is 0 Å². The van der Waals surface area contributed by atoms with Crippen molar-refractivity contribution in [2.45, 2.75) is 33.7 Å². The van der Waals surface area contributed by atoms with E-state index < -0.39 is 12.0 Å². The highest BCUT2D eigenvalue weighted by Gasteiger charge is 2.33. The van der Waals surface area contributed by atoms with Crippen molar-refractivity contribution in [2.75, 3.05) is 19.8 Å². The Bertz CT molecular complexity index is 1630. The van der Waals surface area contributed by atoms with E-state index in [0.29, 0.717) is 43.2 Å². The van der Waals surface area contributed by atoms with Crippen LogP contribution in [0, 0.1) is 19.3 Å². The molecule has 0 aliphatic carbocycles. The van der Waals surface area contributed by atoms with Gasteiger partial charge in [-0.1, -0.05) is 47.1 Å². The van der Waals surface area contributed by atoms with Crippen molar-refractivity contribution >= 4 is 39.3 Å². The maximum atomic E-state index is 13.8. The van der Waals surface area contributed by atoms with Crippen LogP contribution in [0.3, 0.4) is 0 Å². The van der Waals surface area contributed by atoms with Gasteiger partial charge in [-0.2, -0.15) is 0 Å². The number of esters is 1. The average Bonchev–Trinajstić information content (AvgIpc) is 3.17. The van der Waals surface area contributed by atoms with Crippen LogP contribution < -0.4 is 24.4 Å². The van der Waals surface area contributed by atoms with E-state index >= 15 is 0 Å². The number of rotatable bonds is 8. The van der Waals surface area contributed by atoms with Crippen molar-refractivity contribution in [3.8, 4) is 23.8 Å². The number of halogens is 1. The first-order chi connectivity index (χ1) is 18.3. The molecule has 1 atom stereocenters. The first kappa shape index (κ1) is 27.4. The zero-order valence-electron chi connectivity index (χ0n) is 21.5. The van der Waals surface area contributed by atoms with Gasteiger partial charge in [0.2, 0.25) is 0 Å². The first-order valence-electron chi connectivity index (χ1n) is 12.1. The van der Waals surface area contributed by atoms with E-state index in [1.165, 1.54) is 11.3 Å². The molecule has 1 aliphatic heterocycles. The van der Waals surface area contributed by atoms with Crippen LogP contribution in [0.25, 0.3) is 6.08 Å². The standard InChI is InChI=1S/C29H27BrN2O5S/c1-6-13-37-26-21(30)14-19(15-22(26)35-7-2)16-23-27(33)32-25(20-11-9-17(4)10-12-20)24(28(34)36-8-3)18(5)31-29(32)38-23/h1,9-12,14-16,25H,7-8,13H2,2-5H3/b23-16+/t25-/m1/s1. The normalized spacial score (nSPS) is 14.9. The Labute approximate surface area is 233 Å². The fourth-order valence-electron chi connectivity index (χ4n) is 4.20. The summed E-state index contributed by atoms with van der Waals surface area (Å²) in [4.78, 5) is 32.0. The first-order valence-corrected chi connectivity index (χ1v) is 13.7. The maximum absolute atomic E-state index is 13.8. The molecular weight excluding hydrogens is 568 g/mol. The van der Waals surface area contributed by atoms with Crippen molar-refractivity contribution in [3.63, 3.8) is 0 Å². The lowest BCUT2D eigenvalue weighted by Gasteiger charge is -2.24. The molecule has 7 nitrogen and oxygen atoms in total. The van der Waals surface area contributed by atoms with Gasteiger partial charge in [0.05, 0.1) is 39.5 Å². The van der Waals surface area contributed by atoms with Gasteiger partial charge < -0.3 is 14.2 Å². The van der Waals surface area contributed by atoms with E-state index in [1.54, 1.807) is 30.6 Å². The Balaban J connectivity index is 1.90. The van der Waals surface area contributed by atoms with Crippen LogP contribution >= 0.6 is 27.3 Å². The molecule has 0 saturated carbocycles. The van der Waals surface area contributed by atoms with Crippen molar-refractivity contribution in [3.05, 3.63) is 88.5 Å². The zero-order chi connectivity index (χ0) is 27.4. The van der Waals surface area contributed by atoms with E-state index in [9.17, 15) is 9.59 Å². The summed E-state index contributed by atoms with van der Waals surface area (Å²) in [7, 11) is 0. The predicted molar refractivity (Wildman–Crippen MR) is 151 cm³/mol. The predicted octanol–water partition coefficient (Wildman–Crippen LogP) is 4.28. The number of aromatic nitrogens is 1. The maximum Gasteiger partial charge on any atom is 0.338 e. The third-order valence-electron chi connectivity index (χ3n) is 5.84. The van der Waals surface area contributed by atoms with Gasteiger partial charge in [0.1, 0.15) is 6.61 Å². The van der Waals surface area contributed by atoms with Crippen LogP contribution in [0.4, 0.5) is 0 Å². The lowest BCUT2D eigenvalue weighted by molar-refractivity contribution is -0.139. The number of nitrogens with zero attached hydrogens (tertiary/aromatic N) is 2. The molecule has 0 radical (unpaired) electrons. The molecule has 1 aromatic heterocycles. The van der Waals surface area contributed by atoms with Crippen molar-refractivity contribution in [2.24, 2.45) is 4.99 Å². The summed E-state index contributed by atoms with van der Waals surface area (Å²) >= 11 is 4.79. The monoisotopic (exact) mass is 594 g/mol. The molecule has 4 rings (SSSR count). The average molecular weight is 596 g/mol. The van der Waals surface area contributed by atoms with E-state index in [4.69, 9.17) is 20.6 Å². The van der Waals surface area contributed by atoms with Crippen LogP contribution in [-0.2, 0) is 9.53 Å². The highest BCUT2D eigenvalue weighted by Crippen LogP contribution is 2.37. The molecule has 0 unspecified atom stereocenters. The largest absolute Gasteiger partial charge is 0.490 e. The van der Waals surface area contributed by atoms with E-state index in [2.05, 4.69) is 26.8 Å². The number of hydrogen-bond donors (Lipinski definition) is 0. The smallest absolute Gasteiger partial charge is 0.338 e. The van der Waals surface area contributed by atoms with Gasteiger partial charge in [0.15, 0.2) is 16.3 Å². The number of carbonyl (C=O) groups excluding carboxylic acids is 1. The van der Waals surface area contributed by atoms with Gasteiger partial charge in [-0.15, -0.1) is 6.42 Å². The molecule has 0 spiro atoms. The summed E-state index contributed by atoms with van der Waals surface area (Å²) in [6.07, 6.45) is 7.12. The summed E-state index contributed by atoms with van der Waals surface area (Å²) in [6.45, 7) is 8.12. The Morgan fingerprint density at radius 2 is 1.92 bits per heavy atom. The third kappa shape index (κ3) is 5.47. The number of thiazole rings is 1. The van der Waals surface area contributed by atoms with E-state index in [0.717, 1.165) is 16.7 Å². The van der Waals surface area contributed by atoms with Crippen LogP contribution in [0.5, 0.6) is 11.5 Å². The molecular formula is C29H27BrN2O5S. The quantitative estimate of drug-likeness (QED) is 0.287. The lowest BCUT2D eigenvalue weighted by atomic mass is 9.95. The fourth-order valence-corrected chi connectivity index (χ4v) is 5.82. The van der Waals surface area contributed by atoms with Crippen molar-refractivity contribution in [1.82, 2.24) is 4.57 Å². The minimum atomic E-state index is -0.654. The molecule has 38 heavy (non-hydrogen) atoms. The van der Waals surface area contributed by atoms with Gasteiger partial charge in [-0.25, -0.2) is 9.79 Å². The summed E-state index contributed by atoms with van der Waals surface area (Å²) in [5.41, 5.74) is 3.23. The number of allylic oxidation sites excluding steroid dienone is 1. The topological polar surface area (TPSA) is 79.1 Å². The van der Waals surface area contributed by atoms with Gasteiger partial charge >= 0.3 is 5.97 Å². The molecule has 9 heteroatoms. The minimum Gasteiger partial charge on any atom is -0.490 e. The second-order valence-corrected chi connectivity index (χ2v) is 10.3. The Hall–Kier alpha value is -3.61. The van der Waals surface area contributed by atoms with E-state index in [1.807, 2.05) is 44.2 Å². The van der Waals surface area contributed by atoms with Gasteiger partial charge in [-0.05, 0) is 73.0 Å². The summed E-state index contributed by atoms with van der Waals surface area (Å²) in [5, 5.41) is 0. The SMILES string of the molecule is C#CCOc1c(Br)cc(/C=c2/sc3n(c2=O)[C@H](c2ccc(C)cc2)C(C(=O)OCC)=C(C)N=3)cc1OCC. The van der Waals surface area contributed by atoms with Crippen LogP contribution in [0.2, 0.25) is 0 Å². The fraction of sp³-hybridized carbons (Fsp3) is 0.276. The molecule has 0 bridgehead atoms. The number of benzene rings is 2. The molecule has 2 aromatic carbocycles. The van der Waals surface area contributed by atoms with Crippen LogP contribution in [0.1, 0.15) is 43.5 Å². The van der Waals surface area contributed by atoms with Crippen molar-refractivity contribution < 1.29 is 19.0 Å². The van der Waals surface area contributed by atoms with E-state index in [-0.39, 0.29) is 18.8 Å². The van der Waals surface area contributed by atoms with Crippen molar-refractivity contribution in [1.29, 1.82) is 0 Å². The number of ether oxygens (including phenoxy) is 3. The van der Waals surface area contributed by atoms with Gasteiger partial charge in [-0.3, -0.25) is 9.36 Å². The minimum absolute atomic E-state index is 0.0950. The number of carbonyl (C=O) groups is 1. The number of aryl methyl sites for hydroxylation is 1. The second kappa shape index (κ2) is 11.8. The lowest BCUT2D eigenvalue weighted by Crippen LogP contribution is -2.39. The highest BCUT2D eigenvalue weighted by molar-refractivity contribution is 9.10. The third-order valence-corrected chi connectivity index (χ3v) is 7.41. The summed E-state index contributed by atoms with van der Waals surface area (Å²) in [5.74, 6) is 2.97. The highest BCUT2D eigenvalue weighted by atomic mass is 79.9.